The zero-order valence-corrected chi connectivity index (χ0v) is 11.5. The van der Waals surface area contributed by atoms with E-state index >= 15 is 0 Å². The minimum Gasteiger partial charge on any atom is -0.356 e. The summed E-state index contributed by atoms with van der Waals surface area (Å²) in [6.07, 6.45) is 0. The molecule has 0 spiro atoms. The van der Waals surface area contributed by atoms with E-state index in [4.69, 9.17) is 4.74 Å². The summed E-state index contributed by atoms with van der Waals surface area (Å²) >= 11 is 0. The number of sulfone groups is 1. The Hall–Kier alpha value is -0.653. The van der Waals surface area contributed by atoms with Gasteiger partial charge in [-0.25, -0.2) is 8.42 Å². The highest BCUT2D eigenvalue weighted by atomic mass is 32.2. The monoisotopic (exact) mass is 256 g/mol. The van der Waals surface area contributed by atoms with Gasteiger partial charge in [0.2, 0.25) is 9.84 Å². The van der Waals surface area contributed by atoms with Crippen LogP contribution in [0.1, 0.15) is 0 Å². The molecule has 0 radical (unpaired) electrons. The standard InChI is InChI=1S/C11H16O3SSi/c1-16(2,3)11(9-14-11)15(12,13)10-7-5-4-6-8-10/h4-8H,9H2,1-3H3. The molecule has 1 aromatic carbocycles. The highest BCUT2D eigenvalue weighted by Gasteiger charge is 2.65. The normalized spacial score (nSPS) is 25.4. The molecule has 1 aliphatic heterocycles. The third kappa shape index (κ3) is 1.54. The van der Waals surface area contributed by atoms with E-state index < -0.39 is 22.5 Å². The van der Waals surface area contributed by atoms with Gasteiger partial charge < -0.3 is 4.74 Å². The molecule has 1 fully saturated rings. The van der Waals surface area contributed by atoms with Crippen LogP contribution >= 0.6 is 0 Å². The topological polar surface area (TPSA) is 46.7 Å². The lowest BCUT2D eigenvalue weighted by Crippen LogP contribution is -2.48. The second kappa shape index (κ2) is 3.42. The highest BCUT2D eigenvalue weighted by Crippen LogP contribution is 2.45. The first-order valence-electron chi connectivity index (χ1n) is 5.25. The first kappa shape index (κ1) is 11.8. The highest BCUT2D eigenvalue weighted by molar-refractivity contribution is 7.95. The second-order valence-electron chi connectivity index (χ2n) is 5.11. The summed E-state index contributed by atoms with van der Waals surface area (Å²) in [5.41, 5.74) is 0. The molecule has 1 unspecified atom stereocenters. The van der Waals surface area contributed by atoms with Crippen LogP contribution in [0.5, 0.6) is 0 Å². The Kier molecular flexibility index (Phi) is 2.52. The fourth-order valence-electron chi connectivity index (χ4n) is 1.85. The molecule has 1 aromatic rings. The predicted octanol–water partition coefficient (Wildman–Crippen LogP) is 2.06. The number of hydrogen-bond donors (Lipinski definition) is 0. The van der Waals surface area contributed by atoms with Crippen LogP contribution in [0.25, 0.3) is 0 Å². The van der Waals surface area contributed by atoms with Gasteiger partial charge >= 0.3 is 0 Å². The number of hydrogen-bond acceptors (Lipinski definition) is 3. The van der Waals surface area contributed by atoms with Crippen molar-refractivity contribution in [2.75, 3.05) is 6.61 Å². The number of ether oxygens (including phenoxy) is 1. The summed E-state index contributed by atoms with van der Waals surface area (Å²) in [6, 6.07) is 8.58. The van der Waals surface area contributed by atoms with Gasteiger partial charge in [-0.2, -0.15) is 0 Å². The Bertz CT molecular complexity index is 484. The Morgan fingerprint density at radius 2 is 1.69 bits per heavy atom. The van der Waals surface area contributed by atoms with Crippen molar-refractivity contribution in [3.63, 3.8) is 0 Å². The van der Waals surface area contributed by atoms with Gasteiger partial charge in [0.1, 0.15) is 8.07 Å². The van der Waals surface area contributed by atoms with Gasteiger partial charge in [0.15, 0.2) is 4.56 Å². The van der Waals surface area contributed by atoms with Gasteiger partial charge in [0.25, 0.3) is 0 Å². The lowest BCUT2D eigenvalue weighted by molar-refractivity contribution is 0.417. The van der Waals surface area contributed by atoms with Crippen molar-refractivity contribution in [2.45, 2.75) is 29.1 Å². The van der Waals surface area contributed by atoms with E-state index in [9.17, 15) is 8.42 Å². The molecule has 1 saturated heterocycles. The fraction of sp³-hybridized carbons (Fsp3) is 0.455. The second-order valence-corrected chi connectivity index (χ2v) is 12.9. The molecule has 0 amide bonds. The Balaban J connectivity index is 2.50. The summed E-state index contributed by atoms with van der Waals surface area (Å²) < 4.78 is 29.4. The first-order chi connectivity index (χ1) is 7.31. The Morgan fingerprint density at radius 3 is 2.06 bits per heavy atom. The molecule has 1 atom stereocenters. The van der Waals surface area contributed by atoms with E-state index in [0.29, 0.717) is 11.5 Å². The van der Waals surface area contributed by atoms with E-state index in [0.717, 1.165) is 0 Å². The largest absolute Gasteiger partial charge is 0.356 e. The van der Waals surface area contributed by atoms with Crippen LogP contribution in [-0.4, -0.2) is 27.7 Å². The smallest absolute Gasteiger partial charge is 0.206 e. The maximum absolute atomic E-state index is 12.5. The number of rotatable bonds is 3. The number of epoxide rings is 1. The molecule has 1 aliphatic rings. The molecule has 2 rings (SSSR count). The summed E-state index contributed by atoms with van der Waals surface area (Å²) in [7, 11) is -5.25. The van der Waals surface area contributed by atoms with Crippen LogP contribution in [0.2, 0.25) is 19.6 Å². The summed E-state index contributed by atoms with van der Waals surface area (Å²) in [4.78, 5) is 0.370. The van der Waals surface area contributed by atoms with Crippen molar-refractivity contribution >= 4 is 17.9 Å². The molecule has 16 heavy (non-hydrogen) atoms. The molecule has 0 N–H and O–H groups in total. The minimum absolute atomic E-state index is 0.347. The van der Waals surface area contributed by atoms with Crippen LogP contribution in [-0.2, 0) is 14.6 Å². The zero-order chi connectivity index (χ0) is 12.0. The summed E-state index contributed by atoms with van der Waals surface area (Å²) in [6.45, 7) is 6.43. The molecule has 1 heterocycles. The molecular weight excluding hydrogens is 240 g/mol. The van der Waals surface area contributed by atoms with E-state index in [1.807, 2.05) is 25.7 Å². The molecular formula is C11H16O3SSi. The lowest BCUT2D eigenvalue weighted by Gasteiger charge is -2.25. The fourth-order valence-corrected chi connectivity index (χ4v) is 7.63. The van der Waals surface area contributed by atoms with E-state index in [1.54, 1.807) is 24.3 Å². The Labute approximate surface area is 97.4 Å². The third-order valence-corrected chi connectivity index (χ3v) is 10.3. The maximum Gasteiger partial charge on any atom is 0.206 e. The predicted molar refractivity (Wildman–Crippen MR) is 65.7 cm³/mol. The lowest BCUT2D eigenvalue weighted by atomic mass is 10.4. The quantitative estimate of drug-likeness (QED) is 0.614. The first-order valence-corrected chi connectivity index (χ1v) is 10.2. The van der Waals surface area contributed by atoms with Crippen molar-refractivity contribution in [3.05, 3.63) is 30.3 Å². The SMILES string of the molecule is C[Si](C)(C)C1(S(=O)(=O)c2ccccc2)CO1. The van der Waals surface area contributed by atoms with Crippen LogP contribution in [0.3, 0.4) is 0 Å². The van der Waals surface area contributed by atoms with Gasteiger partial charge in [0, 0.05) is 0 Å². The number of benzene rings is 1. The molecule has 88 valence electrons. The molecule has 3 nitrogen and oxygen atoms in total. The van der Waals surface area contributed by atoms with Crippen molar-refractivity contribution in [1.82, 2.24) is 0 Å². The van der Waals surface area contributed by atoms with Crippen molar-refractivity contribution < 1.29 is 13.2 Å². The van der Waals surface area contributed by atoms with Crippen LogP contribution in [0.15, 0.2) is 35.2 Å². The maximum atomic E-state index is 12.5. The van der Waals surface area contributed by atoms with Crippen LogP contribution in [0.4, 0.5) is 0 Å². The minimum atomic E-state index is -3.35. The third-order valence-electron chi connectivity index (χ3n) is 3.04. The molecule has 0 saturated carbocycles. The molecule has 0 bridgehead atoms. The average molecular weight is 256 g/mol. The van der Waals surface area contributed by atoms with Gasteiger partial charge in [0.05, 0.1) is 11.5 Å². The van der Waals surface area contributed by atoms with Crippen molar-refractivity contribution in [2.24, 2.45) is 0 Å². The molecule has 5 heteroatoms. The van der Waals surface area contributed by atoms with E-state index in [1.165, 1.54) is 0 Å². The van der Waals surface area contributed by atoms with Gasteiger partial charge in [-0.1, -0.05) is 37.8 Å². The van der Waals surface area contributed by atoms with E-state index in [-0.39, 0.29) is 0 Å². The molecule has 0 aromatic heterocycles. The zero-order valence-electron chi connectivity index (χ0n) is 9.73. The Morgan fingerprint density at radius 1 is 1.19 bits per heavy atom. The van der Waals surface area contributed by atoms with Gasteiger partial charge in [-0.05, 0) is 12.1 Å². The van der Waals surface area contributed by atoms with Crippen LogP contribution in [0, 0.1) is 0 Å². The molecule has 0 aliphatic carbocycles. The van der Waals surface area contributed by atoms with Crippen molar-refractivity contribution in [3.8, 4) is 0 Å². The summed E-state index contributed by atoms with van der Waals surface area (Å²) in [5, 5.41) is 0. The van der Waals surface area contributed by atoms with E-state index in [2.05, 4.69) is 0 Å². The van der Waals surface area contributed by atoms with Crippen molar-refractivity contribution in [1.29, 1.82) is 0 Å². The van der Waals surface area contributed by atoms with Gasteiger partial charge in [-0.3, -0.25) is 0 Å². The summed E-state index contributed by atoms with van der Waals surface area (Å²) in [5.74, 6) is 0. The van der Waals surface area contributed by atoms with Crippen LogP contribution < -0.4 is 0 Å². The average Bonchev–Trinajstić information content (AvgIpc) is 2.98. The van der Waals surface area contributed by atoms with Gasteiger partial charge in [-0.15, -0.1) is 0 Å².